The van der Waals surface area contributed by atoms with Crippen LogP contribution in [0, 0.1) is 0 Å². The van der Waals surface area contributed by atoms with Crippen LogP contribution in [0.25, 0.3) is 0 Å². The van der Waals surface area contributed by atoms with Crippen molar-refractivity contribution in [2.45, 2.75) is 13.0 Å². The average Bonchev–Trinajstić information content (AvgIpc) is 2.63. The van der Waals surface area contributed by atoms with E-state index in [4.69, 9.17) is 11.6 Å². The fourth-order valence-electron chi connectivity index (χ4n) is 0.996. The fourth-order valence-corrected chi connectivity index (χ4v) is 2.51. The van der Waals surface area contributed by atoms with E-state index in [-0.39, 0.29) is 11.9 Å². The lowest BCUT2D eigenvalue weighted by Crippen LogP contribution is -2.36. The molecule has 0 aromatic carbocycles. The molecule has 0 fully saturated rings. The van der Waals surface area contributed by atoms with Gasteiger partial charge in [0, 0.05) is 18.8 Å². The maximum Gasteiger partial charge on any atom is 0.284 e. The summed E-state index contributed by atoms with van der Waals surface area (Å²) < 4.78 is 0.296. The molecule has 1 unspecified atom stereocenters. The van der Waals surface area contributed by atoms with Crippen molar-refractivity contribution in [2.24, 2.45) is 0 Å². The second-order valence-corrected chi connectivity index (χ2v) is 5.55. The second-order valence-electron chi connectivity index (χ2n) is 3.08. The van der Waals surface area contributed by atoms with Crippen molar-refractivity contribution in [2.75, 3.05) is 19.1 Å². The van der Waals surface area contributed by atoms with Gasteiger partial charge in [-0.05, 0) is 24.8 Å². The Hall–Kier alpha value is -0.330. The van der Waals surface area contributed by atoms with E-state index < -0.39 is 0 Å². The summed E-state index contributed by atoms with van der Waals surface area (Å²) in [7, 11) is 1.76. The van der Waals surface area contributed by atoms with E-state index >= 15 is 0 Å². The molecule has 0 aliphatic heterocycles. The Morgan fingerprint density at radius 3 is 2.80 bits per heavy atom. The Labute approximate surface area is 102 Å². The van der Waals surface area contributed by atoms with Crippen molar-refractivity contribution >= 4 is 40.6 Å². The van der Waals surface area contributed by atoms with Gasteiger partial charge in [0.15, 0.2) is 0 Å². The number of nitrogens with zero attached hydrogens (tertiary/aromatic N) is 3. The normalized spacial score (nSPS) is 12.5. The van der Waals surface area contributed by atoms with E-state index in [2.05, 4.69) is 10.2 Å². The molecule has 0 spiro atoms. The smallest absolute Gasteiger partial charge is 0.284 e. The SMILES string of the molecule is CSCC(C)N(C)C(=O)c1nnc(Cl)s1. The highest BCUT2D eigenvalue weighted by atomic mass is 35.5. The van der Waals surface area contributed by atoms with Crippen molar-refractivity contribution < 1.29 is 4.79 Å². The Morgan fingerprint density at radius 2 is 2.33 bits per heavy atom. The average molecular weight is 266 g/mol. The Balaban J connectivity index is 2.68. The summed E-state index contributed by atoms with van der Waals surface area (Å²) in [5, 5.41) is 7.67. The molecular weight excluding hydrogens is 254 g/mol. The van der Waals surface area contributed by atoms with Crippen molar-refractivity contribution in [3.05, 3.63) is 9.47 Å². The molecule has 15 heavy (non-hydrogen) atoms. The molecule has 0 saturated carbocycles. The minimum atomic E-state index is -0.124. The third-order valence-electron chi connectivity index (χ3n) is 1.97. The van der Waals surface area contributed by atoms with Gasteiger partial charge in [-0.2, -0.15) is 11.8 Å². The summed E-state index contributed by atoms with van der Waals surface area (Å²) in [6.07, 6.45) is 2.01. The number of aromatic nitrogens is 2. The van der Waals surface area contributed by atoms with Crippen LogP contribution < -0.4 is 0 Å². The summed E-state index contributed by atoms with van der Waals surface area (Å²) in [4.78, 5) is 13.5. The molecule has 1 rings (SSSR count). The lowest BCUT2D eigenvalue weighted by molar-refractivity contribution is 0.0756. The first-order valence-electron chi connectivity index (χ1n) is 4.31. The van der Waals surface area contributed by atoms with Gasteiger partial charge < -0.3 is 4.90 Å². The Morgan fingerprint density at radius 1 is 1.67 bits per heavy atom. The topological polar surface area (TPSA) is 46.1 Å². The van der Waals surface area contributed by atoms with Gasteiger partial charge in [-0.15, -0.1) is 10.2 Å². The molecule has 1 aromatic heterocycles. The molecule has 4 nitrogen and oxygen atoms in total. The standard InChI is InChI=1S/C8H12ClN3OS2/c1-5(4-14-3)12(2)7(13)6-10-11-8(9)15-6/h5H,4H2,1-3H3. The van der Waals surface area contributed by atoms with Gasteiger partial charge in [-0.3, -0.25) is 4.79 Å². The molecule has 84 valence electrons. The number of carbonyl (C=O) groups excluding carboxylic acids is 1. The first-order chi connectivity index (χ1) is 7.06. The van der Waals surface area contributed by atoms with E-state index in [9.17, 15) is 4.79 Å². The molecule has 1 amide bonds. The highest BCUT2D eigenvalue weighted by Crippen LogP contribution is 2.17. The van der Waals surface area contributed by atoms with E-state index in [0.29, 0.717) is 9.47 Å². The minimum Gasteiger partial charge on any atom is -0.336 e. The van der Waals surface area contributed by atoms with Gasteiger partial charge in [-0.25, -0.2) is 0 Å². The monoisotopic (exact) mass is 265 g/mol. The number of hydrogen-bond acceptors (Lipinski definition) is 5. The largest absolute Gasteiger partial charge is 0.336 e. The molecule has 0 aliphatic rings. The van der Waals surface area contributed by atoms with Gasteiger partial charge >= 0.3 is 0 Å². The highest BCUT2D eigenvalue weighted by molar-refractivity contribution is 7.98. The summed E-state index contributed by atoms with van der Waals surface area (Å²) in [6, 6.07) is 0.176. The van der Waals surface area contributed by atoms with Gasteiger partial charge in [0.2, 0.25) is 9.47 Å². The van der Waals surface area contributed by atoms with Crippen LogP contribution in [0.4, 0.5) is 0 Å². The van der Waals surface area contributed by atoms with E-state index in [1.165, 1.54) is 0 Å². The molecule has 1 heterocycles. The molecule has 1 atom stereocenters. The summed E-state index contributed by atoms with van der Waals surface area (Å²) in [6.45, 7) is 2.00. The fraction of sp³-hybridized carbons (Fsp3) is 0.625. The quantitative estimate of drug-likeness (QED) is 0.836. The van der Waals surface area contributed by atoms with Crippen LogP contribution in [0.3, 0.4) is 0 Å². The first kappa shape index (κ1) is 12.7. The predicted molar refractivity (Wildman–Crippen MR) is 64.9 cm³/mol. The Kier molecular flexibility index (Phi) is 4.82. The van der Waals surface area contributed by atoms with Gasteiger partial charge in [0.1, 0.15) is 0 Å². The first-order valence-corrected chi connectivity index (χ1v) is 6.90. The number of amides is 1. The molecule has 0 saturated heterocycles. The third kappa shape index (κ3) is 3.32. The summed E-state index contributed by atoms with van der Waals surface area (Å²) >= 11 is 8.43. The van der Waals surface area contributed by atoms with Crippen LogP contribution in [0.15, 0.2) is 0 Å². The van der Waals surface area contributed by atoms with E-state index in [1.807, 2.05) is 13.2 Å². The lowest BCUT2D eigenvalue weighted by atomic mass is 10.3. The molecular formula is C8H12ClN3OS2. The van der Waals surface area contributed by atoms with Crippen molar-refractivity contribution in [1.82, 2.24) is 15.1 Å². The number of hydrogen-bond donors (Lipinski definition) is 0. The maximum absolute atomic E-state index is 11.8. The molecule has 1 aromatic rings. The lowest BCUT2D eigenvalue weighted by Gasteiger charge is -2.22. The number of rotatable bonds is 4. The van der Waals surface area contributed by atoms with Crippen molar-refractivity contribution in [3.8, 4) is 0 Å². The molecule has 0 radical (unpaired) electrons. The van der Waals surface area contributed by atoms with E-state index in [0.717, 1.165) is 17.1 Å². The van der Waals surface area contributed by atoms with Crippen LogP contribution >= 0.6 is 34.7 Å². The molecule has 0 N–H and O–H groups in total. The number of halogens is 1. The van der Waals surface area contributed by atoms with Crippen LogP contribution in [-0.4, -0.2) is 46.1 Å². The van der Waals surface area contributed by atoms with Gasteiger partial charge in [0.05, 0.1) is 0 Å². The highest BCUT2D eigenvalue weighted by Gasteiger charge is 2.20. The third-order valence-corrected chi connectivity index (χ3v) is 3.80. The van der Waals surface area contributed by atoms with Crippen LogP contribution in [0.1, 0.15) is 16.7 Å². The van der Waals surface area contributed by atoms with Crippen LogP contribution in [0.5, 0.6) is 0 Å². The maximum atomic E-state index is 11.8. The van der Waals surface area contributed by atoms with Gasteiger partial charge in [-0.1, -0.05) is 11.3 Å². The predicted octanol–water partition coefficient (Wildman–Crippen LogP) is 2.01. The van der Waals surface area contributed by atoms with Crippen LogP contribution in [-0.2, 0) is 0 Å². The summed E-state index contributed by atoms with van der Waals surface area (Å²) in [5.41, 5.74) is 0. The van der Waals surface area contributed by atoms with Crippen molar-refractivity contribution in [3.63, 3.8) is 0 Å². The van der Waals surface area contributed by atoms with Crippen molar-refractivity contribution in [1.29, 1.82) is 0 Å². The zero-order chi connectivity index (χ0) is 11.4. The minimum absolute atomic E-state index is 0.124. The number of thioether (sulfide) groups is 1. The van der Waals surface area contributed by atoms with Crippen LogP contribution in [0.2, 0.25) is 4.47 Å². The summed E-state index contributed by atoms with van der Waals surface area (Å²) in [5.74, 6) is 0.773. The molecule has 0 bridgehead atoms. The van der Waals surface area contributed by atoms with E-state index in [1.54, 1.807) is 23.7 Å². The zero-order valence-corrected chi connectivity index (χ0v) is 11.1. The zero-order valence-electron chi connectivity index (χ0n) is 8.73. The Bertz CT molecular complexity index is 344. The second kappa shape index (κ2) is 5.67. The molecule has 7 heteroatoms. The number of carbonyl (C=O) groups is 1. The van der Waals surface area contributed by atoms with Gasteiger partial charge in [0.25, 0.3) is 5.91 Å². The molecule has 0 aliphatic carbocycles.